The van der Waals surface area contributed by atoms with Crippen LogP contribution in [0.4, 0.5) is 5.13 Å². The minimum Gasteiger partial charge on any atom is -0.360 e. The molecule has 2 N–H and O–H groups in total. The van der Waals surface area contributed by atoms with Crippen molar-refractivity contribution in [1.29, 1.82) is 0 Å². The van der Waals surface area contributed by atoms with Crippen LogP contribution in [-0.4, -0.2) is 27.6 Å². The molecule has 2 rings (SSSR count). The summed E-state index contributed by atoms with van der Waals surface area (Å²) in [6.45, 7) is 4.81. The lowest BCUT2D eigenvalue weighted by Crippen LogP contribution is -2.26. The van der Waals surface area contributed by atoms with Gasteiger partial charge >= 0.3 is 0 Å². The molecule has 0 aliphatic heterocycles. The second-order valence-electron chi connectivity index (χ2n) is 4.31. The summed E-state index contributed by atoms with van der Waals surface area (Å²) >= 11 is 1.26. The zero-order valence-electron chi connectivity index (χ0n) is 11.5. The molecule has 0 radical (unpaired) electrons. The van der Waals surface area contributed by atoms with Crippen LogP contribution in [0, 0.1) is 0 Å². The van der Waals surface area contributed by atoms with E-state index in [2.05, 4.69) is 32.7 Å². The van der Waals surface area contributed by atoms with E-state index in [9.17, 15) is 4.79 Å². The molecule has 2 aromatic rings. The van der Waals surface area contributed by atoms with E-state index in [1.54, 1.807) is 12.4 Å². The number of carbonyl (C=O) groups is 1. The average molecular weight is 291 g/mol. The minimum atomic E-state index is -0.212. The lowest BCUT2D eigenvalue weighted by atomic mass is 10.1. The lowest BCUT2D eigenvalue weighted by molar-refractivity contribution is 0.0939. The Morgan fingerprint density at radius 1 is 1.35 bits per heavy atom. The summed E-state index contributed by atoms with van der Waals surface area (Å²) in [6.07, 6.45) is 4.41. The summed E-state index contributed by atoms with van der Waals surface area (Å²) in [5.41, 5.74) is 1.00. The topological polar surface area (TPSA) is 79.8 Å². The molecule has 0 fully saturated rings. The van der Waals surface area contributed by atoms with Gasteiger partial charge in [-0.15, -0.1) is 10.2 Å². The second-order valence-corrected chi connectivity index (χ2v) is 5.29. The van der Waals surface area contributed by atoms with Gasteiger partial charge < -0.3 is 10.6 Å². The fourth-order valence-electron chi connectivity index (χ4n) is 1.61. The third-order valence-corrected chi connectivity index (χ3v) is 3.58. The molecule has 0 saturated heterocycles. The van der Waals surface area contributed by atoms with Crippen molar-refractivity contribution in [3.63, 3.8) is 0 Å². The van der Waals surface area contributed by atoms with E-state index in [4.69, 9.17) is 0 Å². The molecule has 7 heteroatoms. The lowest BCUT2D eigenvalue weighted by Gasteiger charge is -2.12. The molecule has 0 saturated carbocycles. The molecule has 0 aliphatic carbocycles. The van der Waals surface area contributed by atoms with Crippen LogP contribution in [0.1, 0.15) is 41.7 Å². The van der Waals surface area contributed by atoms with Crippen LogP contribution in [0.15, 0.2) is 24.5 Å². The van der Waals surface area contributed by atoms with Crippen LogP contribution in [-0.2, 0) is 0 Å². The van der Waals surface area contributed by atoms with Crippen molar-refractivity contribution in [3.8, 4) is 0 Å². The molecule has 0 bridgehead atoms. The first kappa shape index (κ1) is 14.4. The zero-order valence-corrected chi connectivity index (χ0v) is 12.3. The quantitative estimate of drug-likeness (QED) is 0.853. The van der Waals surface area contributed by atoms with Gasteiger partial charge in [-0.05, 0) is 31.0 Å². The molecular formula is C13H17N5OS. The monoisotopic (exact) mass is 291 g/mol. The summed E-state index contributed by atoms with van der Waals surface area (Å²) in [4.78, 5) is 16.0. The molecule has 0 aliphatic rings. The molecule has 106 valence electrons. The summed E-state index contributed by atoms with van der Waals surface area (Å²) < 4.78 is 0. The van der Waals surface area contributed by atoms with Crippen molar-refractivity contribution in [2.75, 3.05) is 11.9 Å². The van der Waals surface area contributed by atoms with E-state index in [-0.39, 0.29) is 11.9 Å². The number of rotatable bonds is 6. The molecule has 0 spiro atoms. The Balaban J connectivity index is 1.96. The van der Waals surface area contributed by atoms with Gasteiger partial charge in [0.15, 0.2) is 0 Å². The highest BCUT2D eigenvalue weighted by molar-refractivity contribution is 7.17. The largest absolute Gasteiger partial charge is 0.360 e. The van der Waals surface area contributed by atoms with Gasteiger partial charge in [-0.2, -0.15) is 0 Å². The van der Waals surface area contributed by atoms with E-state index >= 15 is 0 Å². The maximum Gasteiger partial charge on any atom is 0.282 e. The molecule has 1 unspecified atom stereocenters. The molecular weight excluding hydrogens is 274 g/mol. The second kappa shape index (κ2) is 6.95. The number of amides is 1. The Labute approximate surface area is 121 Å². The number of nitrogens with one attached hydrogen (secondary N) is 2. The van der Waals surface area contributed by atoms with Crippen LogP contribution in [0.5, 0.6) is 0 Å². The van der Waals surface area contributed by atoms with Gasteiger partial charge in [-0.1, -0.05) is 18.3 Å². The molecule has 0 aromatic carbocycles. The third-order valence-electron chi connectivity index (χ3n) is 2.70. The van der Waals surface area contributed by atoms with Gasteiger partial charge in [0.05, 0.1) is 6.04 Å². The highest BCUT2D eigenvalue weighted by Gasteiger charge is 2.15. The molecule has 1 amide bonds. The number of hydrogen-bond acceptors (Lipinski definition) is 6. The van der Waals surface area contributed by atoms with Crippen molar-refractivity contribution in [3.05, 3.63) is 35.1 Å². The number of nitrogens with zero attached hydrogens (tertiary/aromatic N) is 3. The van der Waals surface area contributed by atoms with E-state index in [0.29, 0.717) is 10.1 Å². The molecule has 20 heavy (non-hydrogen) atoms. The minimum absolute atomic E-state index is 0.0959. The standard InChI is InChI=1S/C13H17N5OS/c1-3-6-15-13-18-17-12(20-13)11(19)16-9(2)10-4-7-14-8-5-10/h4-5,7-9H,3,6H2,1-2H3,(H,15,18)(H,16,19). The maximum absolute atomic E-state index is 12.1. The van der Waals surface area contributed by atoms with Crippen molar-refractivity contribution in [1.82, 2.24) is 20.5 Å². The Morgan fingerprint density at radius 3 is 2.80 bits per heavy atom. The van der Waals surface area contributed by atoms with Gasteiger partial charge in [0.25, 0.3) is 5.91 Å². The zero-order chi connectivity index (χ0) is 14.4. The highest BCUT2D eigenvalue weighted by Crippen LogP contribution is 2.17. The van der Waals surface area contributed by atoms with Crippen molar-refractivity contribution < 1.29 is 4.79 Å². The van der Waals surface area contributed by atoms with Gasteiger partial charge in [0, 0.05) is 18.9 Å². The van der Waals surface area contributed by atoms with E-state index in [1.165, 1.54) is 11.3 Å². The number of anilines is 1. The summed E-state index contributed by atoms with van der Waals surface area (Å²) in [6, 6.07) is 3.65. The van der Waals surface area contributed by atoms with E-state index in [0.717, 1.165) is 18.5 Å². The molecule has 1 atom stereocenters. The predicted molar refractivity (Wildman–Crippen MR) is 78.8 cm³/mol. The van der Waals surface area contributed by atoms with E-state index < -0.39 is 0 Å². The van der Waals surface area contributed by atoms with Crippen LogP contribution < -0.4 is 10.6 Å². The van der Waals surface area contributed by atoms with Crippen LogP contribution >= 0.6 is 11.3 Å². The Bertz CT molecular complexity index is 557. The fraction of sp³-hybridized carbons (Fsp3) is 0.385. The SMILES string of the molecule is CCCNc1nnc(C(=O)NC(C)c2ccncc2)s1. The first-order valence-corrected chi connectivity index (χ1v) is 7.30. The Morgan fingerprint density at radius 2 is 2.10 bits per heavy atom. The van der Waals surface area contributed by atoms with Crippen LogP contribution in [0.25, 0.3) is 0 Å². The fourth-order valence-corrected chi connectivity index (χ4v) is 2.28. The Kier molecular flexibility index (Phi) is 5.00. The number of pyridine rings is 1. The van der Waals surface area contributed by atoms with Crippen molar-refractivity contribution in [2.24, 2.45) is 0 Å². The van der Waals surface area contributed by atoms with Crippen molar-refractivity contribution >= 4 is 22.4 Å². The van der Waals surface area contributed by atoms with Crippen LogP contribution in [0.2, 0.25) is 0 Å². The first-order chi connectivity index (χ1) is 9.70. The van der Waals surface area contributed by atoms with Gasteiger partial charge in [-0.25, -0.2) is 0 Å². The Hall–Kier alpha value is -2.02. The van der Waals surface area contributed by atoms with E-state index in [1.807, 2.05) is 19.1 Å². The maximum atomic E-state index is 12.1. The summed E-state index contributed by atoms with van der Waals surface area (Å²) in [7, 11) is 0. The van der Waals surface area contributed by atoms with Crippen molar-refractivity contribution in [2.45, 2.75) is 26.3 Å². The van der Waals surface area contributed by atoms with Gasteiger partial charge in [0.1, 0.15) is 0 Å². The number of carbonyl (C=O) groups excluding carboxylic acids is 1. The number of hydrogen-bond donors (Lipinski definition) is 2. The number of aromatic nitrogens is 3. The van der Waals surface area contributed by atoms with Gasteiger partial charge in [-0.3, -0.25) is 9.78 Å². The molecule has 2 aromatic heterocycles. The molecule has 2 heterocycles. The summed E-state index contributed by atoms with van der Waals surface area (Å²) in [5.74, 6) is -0.212. The average Bonchev–Trinajstić information content (AvgIpc) is 2.95. The highest BCUT2D eigenvalue weighted by atomic mass is 32.1. The predicted octanol–water partition coefficient (Wildman–Crippen LogP) is 2.25. The molecule has 6 nitrogen and oxygen atoms in total. The summed E-state index contributed by atoms with van der Waals surface area (Å²) in [5, 5.41) is 14.9. The normalized spacial score (nSPS) is 11.9. The third kappa shape index (κ3) is 3.74. The smallest absolute Gasteiger partial charge is 0.282 e. The van der Waals surface area contributed by atoms with Crippen LogP contribution in [0.3, 0.4) is 0 Å². The van der Waals surface area contributed by atoms with Gasteiger partial charge in [0.2, 0.25) is 10.1 Å². The first-order valence-electron chi connectivity index (χ1n) is 6.49.